The molecule has 13 heteroatoms. The van der Waals surface area contributed by atoms with E-state index in [2.05, 4.69) is 54.5 Å². The molecule has 0 saturated carbocycles. The molecule has 0 aromatic heterocycles. The molecule has 358 valence electrons. The number of allylic oxidation sites excluding steroid dienone is 6. The lowest BCUT2D eigenvalue weighted by molar-refractivity contribution is -0.301. The predicted molar refractivity (Wildman–Crippen MR) is 243 cm³/mol. The lowest BCUT2D eigenvalue weighted by atomic mass is 9.99. The summed E-state index contributed by atoms with van der Waals surface area (Å²) < 4.78 is 59.1. The van der Waals surface area contributed by atoms with E-state index in [-0.39, 0.29) is 19.6 Å². The first kappa shape index (κ1) is 57.3. The van der Waals surface area contributed by atoms with E-state index in [9.17, 15) is 28.5 Å². The van der Waals surface area contributed by atoms with Crippen molar-refractivity contribution in [2.24, 2.45) is 0 Å². The van der Waals surface area contributed by atoms with E-state index in [0.29, 0.717) is 13.0 Å². The van der Waals surface area contributed by atoms with Crippen LogP contribution in [0.5, 0.6) is 0 Å². The largest absolute Gasteiger partial charge is 0.457 e. The summed E-state index contributed by atoms with van der Waals surface area (Å²) >= 11 is 0. The summed E-state index contributed by atoms with van der Waals surface area (Å²) in [7, 11) is -5.06. The van der Waals surface area contributed by atoms with Gasteiger partial charge in [0.05, 0.1) is 19.8 Å². The Bertz CT molecular complexity index is 1210. The Hall–Kier alpha value is -1.68. The van der Waals surface area contributed by atoms with Crippen molar-refractivity contribution in [1.82, 2.24) is 0 Å². The van der Waals surface area contributed by atoms with Gasteiger partial charge in [-0.15, -0.1) is 0 Å². The summed E-state index contributed by atoms with van der Waals surface area (Å²) in [5.41, 5.74) is 0. The topological polar surface area (TPSA) is 178 Å². The van der Waals surface area contributed by atoms with E-state index in [0.717, 1.165) is 57.8 Å². The smallest absolute Gasteiger partial charge is 0.397 e. The SMILES string of the molecule is CCCCCCC/C=C\C/C=C\C/C=C\CCCCCCCCCOCC(COC1OC(CO)C(O)C(OS(=O)(=O)O)C1O)OC(=O)CCCCCCCCCCCCCC. The standard InChI is InChI=1S/C48H88O12S/c1-3-5-7-9-11-13-15-17-18-19-20-21-22-23-24-25-26-28-30-32-34-36-38-56-40-42(58-44(50)37-35-33-31-29-27-16-14-12-10-8-6-4-2)41-57-48-46(52)47(60-61(53,54)55)45(51)43(39-49)59-48/h15,17,19-20,22-23,42-43,45-49,51-52H,3-14,16,18,21,24-41H2,1-2H3,(H,53,54,55)/b17-15-,20-19-,23-22-. The zero-order valence-corrected chi connectivity index (χ0v) is 39.0. The van der Waals surface area contributed by atoms with Crippen LogP contribution in [0.25, 0.3) is 0 Å². The Morgan fingerprint density at radius 3 is 1.57 bits per heavy atom. The minimum atomic E-state index is -5.06. The normalized spacial score (nSPS) is 20.4. The van der Waals surface area contributed by atoms with Crippen molar-refractivity contribution in [1.29, 1.82) is 0 Å². The molecular formula is C48H88O12S. The Kier molecular flexibility index (Phi) is 37.5. The van der Waals surface area contributed by atoms with E-state index in [1.807, 2.05) is 0 Å². The van der Waals surface area contributed by atoms with E-state index in [4.69, 9.17) is 23.5 Å². The third kappa shape index (κ3) is 33.5. The summed E-state index contributed by atoms with van der Waals surface area (Å²) in [4.78, 5) is 12.8. The van der Waals surface area contributed by atoms with Crippen LogP contribution in [0.2, 0.25) is 0 Å². The highest BCUT2D eigenvalue weighted by molar-refractivity contribution is 7.80. The van der Waals surface area contributed by atoms with Crippen molar-refractivity contribution in [2.75, 3.05) is 26.4 Å². The molecule has 0 aliphatic carbocycles. The molecule has 1 fully saturated rings. The highest BCUT2D eigenvalue weighted by atomic mass is 32.3. The number of aliphatic hydroxyl groups excluding tert-OH is 3. The first-order valence-electron chi connectivity index (χ1n) is 24.2. The number of carbonyl (C=O) groups excluding carboxylic acids is 1. The minimum Gasteiger partial charge on any atom is -0.457 e. The molecule has 4 N–H and O–H groups in total. The molecule has 6 unspecified atom stereocenters. The molecular weight excluding hydrogens is 801 g/mol. The van der Waals surface area contributed by atoms with E-state index in [1.165, 1.54) is 116 Å². The summed E-state index contributed by atoms with van der Waals surface area (Å²) in [5.74, 6) is -0.403. The highest BCUT2D eigenvalue weighted by Crippen LogP contribution is 2.26. The number of hydrogen-bond donors (Lipinski definition) is 4. The Morgan fingerprint density at radius 1 is 0.623 bits per heavy atom. The average Bonchev–Trinajstić information content (AvgIpc) is 3.23. The molecule has 0 radical (unpaired) electrons. The van der Waals surface area contributed by atoms with Crippen LogP contribution in [0.1, 0.15) is 200 Å². The van der Waals surface area contributed by atoms with Crippen LogP contribution < -0.4 is 0 Å². The number of hydrogen-bond acceptors (Lipinski definition) is 11. The summed E-state index contributed by atoms with van der Waals surface area (Å²) in [6.07, 6.45) is 37.5. The second kappa shape index (κ2) is 39.9. The number of ether oxygens (including phenoxy) is 4. The van der Waals surface area contributed by atoms with Crippen LogP contribution in [0.4, 0.5) is 0 Å². The third-order valence-corrected chi connectivity index (χ3v) is 11.5. The lowest BCUT2D eigenvalue weighted by Crippen LogP contribution is -2.60. The maximum Gasteiger partial charge on any atom is 0.397 e. The van der Waals surface area contributed by atoms with E-state index >= 15 is 0 Å². The summed E-state index contributed by atoms with van der Waals surface area (Å²) in [5, 5.41) is 30.7. The third-order valence-electron chi connectivity index (χ3n) is 11.0. The van der Waals surface area contributed by atoms with E-state index < -0.39 is 59.8 Å². The first-order chi connectivity index (χ1) is 29.6. The molecule has 61 heavy (non-hydrogen) atoms. The van der Waals surface area contributed by atoms with Crippen molar-refractivity contribution in [3.63, 3.8) is 0 Å². The van der Waals surface area contributed by atoms with Gasteiger partial charge in [0.25, 0.3) is 0 Å². The van der Waals surface area contributed by atoms with Crippen LogP contribution in [0.15, 0.2) is 36.5 Å². The lowest BCUT2D eigenvalue weighted by Gasteiger charge is -2.41. The van der Waals surface area contributed by atoms with Gasteiger partial charge >= 0.3 is 16.4 Å². The van der Waals surface area contributed by atoms with Crippen molar-refractivity contribution < 1.29 is 56.2 Å². The number of aliphatic hydroxyl groups is 3. The average molecular weight is 889 g/mol. The molecule has 1 heterocycles. The van der Waals surface area contributed by atoms with Gasteiger partial charge < -0.3 is 34.3 Å². The molecule has 0 bridgehead atoms. The van der Waals surface area contributed by atoms with Crippen LogP contribution in [-0.4, -0.2) is 97.5 Å². The van der Waals surface area contributed by atoms with Gasteiger partial charge in [0.1, 0.15) is 30.5 Å². The van der Waals surface area contributed by atoms with Crippen molar-refractivity contribution in [2.45, 2.75) is 237 Å². The molecule has 1 rings (SSSR count). The van der Waals surface area contributed by atoms with Crippen LogP contribution in [0.3, 0.4) is 0 Å². The maximum absolute atomic E-state index is 12.8. The van der Waals surface area contributed by atoms with Crippen LogP contribution >= 0.6 is 0 Å². The van der Waals surface area contributed by atoms with Crippen LogP contribution in [0, 0.1) is 0 Å². The van der Waals surface area contributed by atoms with Gasteiger partial charge in [0.15, 0.2) is 6.29 Å². The van der Waals surface area contributed by atoms with Gasteiger partial charge in [-0.3, -0.25) is 9.35 Å². The van der Waals surface area contributed by atoms with Crippen LogP contribution in [-0.2, 0) is 38.3 Å². The fourth-order valence-corrected chi connectivity index (χ4v) is 7.84. The molecule has 0 aromatic rings. The molecule has 0 amide bonds. The molecule has 1 aliphatic rings. The van der Waals surface area contributed by atoms with Gasteiger partial charge in [-0.2, -0.15) is 8.42 Å². The molecule has 6 atom stereocenters. The molecule has 0 aromatic carbocycles. The number of carbonyl (C=O) groups is 1. The maximum atomic E-state index is 12.8. The van der Waals surface area contributed by atoms with E-state index in [1.54, 1.807) is 0 Å². The zero-order valence-electron chi connectivity index (χ0n) is 38.2. The second-order valence-electron chi connectivity index (χ2n) is 16.7. The molecule has 1 aliphatic heterocycles. The summed E-state index contributed by atoms with van der Waals surface area (Å²) in [6.45, 7) is 3.96. The Morgan fingerprint density at radius 2 is 1.08 bits per heavy atom. The first-order valence-corrected chi connectivity index (χ1v) is 25.6. The fourth-order valence-electron chi connectivity index (χ4n) is 7.33. The van der Waals surface area contributed by atoms with Gasteiger partial charge in [-0.25, -0.2) is 4.18 Å². The van der Waals surface area contributed by atoms with Gasteiger partial charge in [0.2, 0.25) is 0 Å². The number of rotatable bonds is 42. The van der Waals surface area contributed by atoms with Gasteiger partial charge in [0, 0.05) is 13.0 Å². The number of esters is 1. The van der Waals surface area contributed by atoms with Crippen molar-refractivity contribution >= 4 is 16.4 Å². The second-order valence-corrected chi connectivity index (χ2v) is 17.8. The quantitative estimate of drug-likeness (QED) is 0.0198. The monoisotopic (exact) mass is 889 g/mol. The molecule has 0 spiro atoms. The van der Waals surface area contributed by atoms with Gasteiger partial charge in [-0.1, -0.05) is 179 Å². The molecule has 1 saturated heterocycles. The zero-order chi connectivity index (χ0) is 44.7. The van der Waals surface area contributed by atoms with Gasteiger partial charge in [-0.05, 0) is 51.4 Å². The highest BCUT2D eigenvalue weighted by Gasteiger charge is 2.48. The molecule has 12 nitrogen and oxygen atoms in total. The predicted octanol–water partition coefficient (Wildman–Crippen LogP) is 10.6. The van der Waals surface area contributed by atoms with Crippen molar-refractivity contribution in [3.8, 4) is 0 Å². The fraction of sp³-hybridized carbons (Fsp3) is 0.854. The number of unbranched alkanes of at least 4 members (excludes halogenated alkanes) is 23. The minimum absolute atomic E-state index is 0.0314. The Labute approximate surface area is 371 Å². The Balaban J connectivity index is 2.37. The summed E-state index contributed by atoms with van der Waals surface area (Å²) in [6, 6.07) is 0. The van der Waals surface area contributed by atoms with Crippen molar-refractivity contribution in [3.05, 3.63) is 36.5 Å².